The van der Waals surface area contributed by atoms with Crippen LogP contribution in [-0.4, -0.2) is 17.7 Å². The van der Waals surface area contributed by atoms with E-state index in [0.29, 0.717) is 12.0 Å². The molecule has 0 aliphatic rings. The maximum absolute atomic E-state index is 11.8. The molecule has 0 amide bonds. The quantitative estimate of drug-likeness (QED) is 0.895. The van der Waals surface area contributed by atoms with Gasteiger partial charge in [-0.25, -0.2) is 0 Å². The third kappa shape index (κ3) is 2.46. The van der Waals surface area contributed by atoms with Gasteiger partial charge in [-0.05, 0) is 25.1 Å². The van der Waals surface area contributed by atoms with Crippen molar-refractivity contribution in [3.05, 3.63) is 46.8 Å². The molecule has 3 nitrogen and oxygen atoms in total. The maximum Gasteiger partial charge on any atom is 0.189 e. The summed E-state index contributed by atoms with van der Waals surface area (Å²) >= 11 is 0. The Kier molecular flexibility index (Phi) is 3.82. The van der Waals surface area contributed by atoms with Gasteiger partial charge in [0.25, 0.3) is 0 Å². The second-order valence-corrected chi connectivity index (χ2v) is 4.99. The number of aromatic nitrogens is 1. The molecule has 96 valence electrons. The first-order valence-electron chi connectivity index (χ1n) is 6.39. The molecule has 1 unspecified atom stereocenters. The normalized spacial score (nSPS) is 13.1. The summed E-state index contributed by atoms with van der Waals surface area (Å²) in [5.41, 5.74) is 1.10. The zero-order valence-electron chi connectivity index (χ0n) is 11.2. The van der Waals surface area contributed by atoms with Crippen molar-refractivity contribution in [1.82, 2.24) is 9.88 Å². The summed E-state index contributed by atoms with van der Waals surface area (Å²) in [5, 5.41) is 4.12. The van der Waals surface area contributed by atoms with E-state index in [1.54, 1.807) is 6.07 Å². The summed E-state index contributed by atoms with van der Waals surface area (Å²) in [6.07, 6.45) is 1.89. The van der Waals surface area contributed by atoms with Gasteiger partial charge in [-0.1, -0.05) is 26.0 Å². The summed E-state index contributed by atoms with van der Waals surface area (Å²) in [6, 6.07) is 9.82. The average Bonchev–Trinajstić information content (AvgIpc) is 2.38. The van der Waals surface area contributed by atoms with Gasteiger partial charge in [-0.3, -0.25) is 4.79 Å². The predicted octanol–water partition coefficient (Wildman–Crippen LogP) is 2.25. The highest BCUT2D eigenvalue weighted by molar-refractivity contribution is 5.78. The molecule has 3 heteroatoms. The molecule has 2 rings (SSSR count). The van der Waals surface area contributed by atoms with E-state index in [0.717, 1.165) is 17.4 Å². The zero-order valence-corrected chi connectivity index (χ0v) is 11.2. The first-order chi connectivity index (χ1) is 8.63. The molecule has 0 saturated heterocycles. The highest BCUT2D eigenvalue weighted by atomic mass is 16.1. The molecule has 1 aromatic carbocycles. The van der Waals surface area contributed by atoms with Gasteiger partial charge in [0.1, 0.15) is 0 Å². The number of para-hydroxylation sites is 1. The van der Waals surface area contributed by atoms with Crippen molar-refractivity contribution in [3.63, 3.8) is 0 Å². The number of benzene rings is 1. The third-order valence-corrected chi connectivity index (χ3v) is 3.45. The Hall–Kier alpha value is -1.61. The van der Waals surface area contributed by atoms with Gasteiger partial charge in [0, 0.05) is 30.2 Å². The van der Waals surface area contributed by atoms with E-state index < -0.39 is 0 Å². The smallest absolute Gasteiger partial charge is 0.189 e. The van der Waals surface area contributed by atoms with Crippen LogP contribution in [0.5, 0.6) is 0 Å². The van der Waals surface area contributed by atoms with Gasteiger partial charge in [-0.15, -0.1) is 0 Å². The number of nitrogens with zero attached hydrogens (tertiary/aromatic N) is 1. The molecule has 1 atom stereocenters. The molecule has 0 spiro atoms. The molecule has 0 aliphatic heterocycles. The lowest BCUT2D eigenvalue weighted by atomic mass is 10.0. The minimum atomic E-state index is 0.0902. The van der Waals surface area contributed by atoms with Crippen LogP contribution in [0, 0.1) is 5.92 Å². The minimum Gasteiger partial charge on any atom is -0.346 e. The lowest BCUT2D eigenvalue weighted by molar-refractivity contribution is 0.381. The molecule has 0 fully saturated rings. The maximum atomic E-state index is 11.8. The van der Waals surface area contributed by atoms with Gasteiger partial charge in [0.15, 0.2) is 5.43 Å². The monoisotopic (exact) mass is 244 g/mol. The van der Waals surface area contributed by atoms with Crippen molar-refractivity contribution < 1.29 is 0 Å². The summed E-state index contributed by atoms with van der Waals surface area (Å²) < 4.78 is 2.15. The van der Waals surface area contributed by atoms with Crippen LogP contribution >= 0.6 is 0 Å². The number of hydrogen-bond donors (Lipinski definition) is 1. The van der Waals surface area contributed by atoms with Crippen molar-refractivity contribution in [2.45, 2.75) is 26.4 Å². The Morgan fingerprint density at radius 3 is 2.61 bits per heavy atom. The van der Waals surface area contributed by atoms with Gasteiger partial charge in [0.2, 0.25) is 0 Å². The van der Waals surface area contributed by atoms with E-state index in [-0.39, 0.29) is 5.43 Å². The fourth-order valence-electron chi connectivity index (χ4n) is 2.27. The summed E-state index contributed by atoms with van der Waals surface area (Å²) in [5.74, 6) is 0.549. The summed E-state index contributed by atoms with van der Waals surface area (Å²) in [7, 11) is 1.98. The van der Waals surface area contributed by atoms with Crippen LogP contribution in [-0.2, 0) is 6.54 Å². The van der Waals surface area contributed by atoms with Crippen LogP contribution in [0.4, 0.5) is 0 Å². The first kappa shape index (κ1) is 12.8. The highest BCUT2D eigenvalue weighted by Gasteiger charge is 2.12. The van der Waals surface area contributed by atoms with Crippen LogP contribution in [0.15, 0.2) is 41.3 Å². The first-order valence-corrected chi connectivity index (χ1v) is 6.39. The Balaban J connectivity index is 2.46. The van der Waals surface area contributed by atoms with Crippen LogP contribution in [0.3, 0.4) is 0 Å². The van der Waals surface area contributed by atoms with Gasteiger partial charge in [0.05, 0.1) is 5.52 Å². The molecular weight excluding hydrogens is 224 g/mol. The van der Waals surface area contributed by atoms with E-state index >= 15 is 0 Å². The summed E-state index contributed by atoms with van der Waals surface area (Å²) in [4.78, 5) is 11.8. The molecule has 18 heavy (non-hydrogen) atoms. The molecular formula is C15H20N2O. The van der Waals surface area contributed by atoms with E-state index in [2.05, 4.69) is 23.7 Å². The number of likely N-dealkylation sites (N-methyl/N-ethyl adjacent to an activating group) is 1. The van der Waals surface area contributed by atoms with Crippen molar-refractivity contribution in [2.75, 3.05) is 7.05 Å². The topological polar surface area (TPSA) is 34.0 Å². The average molecular weight is 244 g/mol. The van der Waals surface area contributed by atoms with Crippen molar-refractivity contribution >= 4 is 10.9 Å². The molecule has 0 bridgehead atoms. The second kappa shape index (κ2) is 5.36. The van der Waals surface area contributed by atoms with E-state index in [4.69, 9.17) is 0 Å². The number of pyridine rings is 1. The van der Waals surface area contributed by atoms with Crippen LogP contribution < -0.4 is 10.7 Å². The standard InChI is InChI=1S/C15H20N2O/c1-11(2)13(16-3)10-17-9-8-15(18)12-6-4-5-7-14(12)17/h4-9,11,13,16H,10H2,1-3H3. The molecule has 0 saturated carbocycles. The second-order valence-electron chi connectivity index (χ2n) is 4.99. The molecule has 0 aliphatic carbocycles. The fraction of sp³-hybridized carbons (Fsp3) is 0.400. The number of fused-ring (bicyclic) bond motifs is 1. The van der Waals surface area contributed by atoms with E-state index in [9.17, 15) is 4.79 Å². The molecule has 0 radical (unpaired) electrons. The molecule has 1 N–H and O–H groups in total. The van der Waals surface area contributed by atoms with Crippen molar-refractivity contribution in [1.29, 1.82) is 0 Å². The fourth-order valence-corrected chi connectivity index (χ4v) is 2.27. The van der Waals surface area contributed by atoms with Crippen LogP contribution in [0.1, 0.15) is 13.8 Å². The SMILES string of the molecule is CNC(Cn1ccc(=O)c2ccccc21)C(C)C. The van der Waals surface area contributed by atoms with E-state index in [1.165, 1.54) is 0 Å². The highest BCUT2D eigenvalue weighted by Crippen LogP contribution is 2.12. The third-order valence-electron chi connectivity index (χ3n) is 3.45. The Labute approximate surface area is 107 Å². The zero-order chi connectivity index (χ0) is 13.1. The number of nitrogens with one attached hydrogen (secondary N) is 1. The largest absolute Gasteiger partial charge is 0.346 e. The van der Waals surface area contributed by atoms with Crippen molar-refractivity contribution in [3.8, 4) is 0 Å². The van der Waals surface area contributed by atoms with Crippen molar-refractivity contribution in [2.24, 2.45) is 5.92 Å². The molecule has 2 aromatic rings. The Bertz CT molecular complexity index is 586. The van der Waals surface area contributed by atoms with E-state index in [1.807, 2.05) is 37.5 Å². The predicted molar refractivity (Wildman–Crippen MR) is 75.9 cm³/mol. The van der Waals surface area contributed by atoms with Crippen LogP contribution in [0.2, 0.25) is 0 Å². The van der Waals surface area contributed by atoms with Gasteiger partial charge < -0.3 is 9.88 Å². The number of rotatable bonds is 4. The van der Waals surface area contributed by atoms with Gasteiger partial charge in [-0.2, -0.15) is 0 Å². The Morgan fingerprint density at radius 2 is 1.94 bits per heavy atom. The molecule has 1 heterocycles. The Morgan fingerprint density at radius 1 is 1.22 bits per heavy atom. The lowest BCUT2D eigenvalue weighted by Gasteiger charge is -2.22. The molecule has 1 aromatic heterocycles. The number of hydrogen-bond acceptors (Lipinski definition) is 2. The van der Waals surface area contributed by atoms with Gasteiger partial charge >= 0.3 is 0 Å². The lowest BCUT2D eigenvalue weighted by Crippen LogP contribution is -2.35. The minimum absolute atomic E-state index is 0.0902. The summed E-state index contributed by atoms with van der Waals surface area (Å²) in [6.45, 7) is 5.27. The van der Waals surface area contributed by atoms with Crippen LogP contribution in [0.25, 0.3) is 10.9 Å².